The molecule has 0 aliphatic heterocycles. The van der Waals surface area contributed by atoms with Crippen LogP contribution in [0.4, 0.5) is 0 Å². The maximum Gasteiger partial charge on any atom is 0.0619 e. The van der Waals surface area contributed by atoms with Crippen molar-refractivity contribution in [3.8, 4) is 0 Å². The Morgan fingerprint density at radius 3 is 1.26 bits per heavy atom. The van der Waals surface area contributed by atoms with Crippen molar-refractivity contribution in [1.82, 2.24) is 0 Å². The Balaban J connectivity index is 2.06. The van der Waals surface area contributed by atoms with E-state index in [9.17, 15) is 0 Å². The van der Waals surface area contributed by atoms with Gasteiger partial charge in [-0.3, -0.25) is 0 Å². The maximum atomic E-state index is 6.76. The van der Waals surface area contributed by atoms with Crippen LogP contribution in [0, 0.1) is 11.8 Å². The molecule has 0 heterocycles. The molecule has 0 fully saturated rings. The second kappa shape index (κ2) is 12.0. The largest absolute Gasteiger partial charge is 0.374 e. The van der Waals surface area contributed by atoms with Crippen molar-refractivity contribution in [2.45, 2.75) is 78.4 Å². The average Bonchev–Trinajstić information content (AvgIpc) is 2.65. The highest BCUT2D eigenvalue weighted by Crippen LogP contribution is 2.21. The van der Waals surface area contributed by atoms with Gasteiger partial charge < -0.3 is 4.74 Å². The van der Waals surface area contributed by atoms with E-state index in [-0.39, 0.29) is 0 Å². The molecule has 1 heteroatoms. The molecule has 27 heavy (non-hydrogen) atoms. The zero-order chi connectivity index (χ0) is 19.5. The minimum absolute atomic E-state index is 0.302. The standard InChI is InChI=1S/C26H38O/c1-21(2)15-17-25(19-23-11-7-5-8-12-23)27-26(18-16-22(3)4)20-24-13-9-6-10-14-24/h5-14,21-22,25-26H,15-20H2,1-4H3. The van der Waals surface area contributed by atoms with E-state index in [2.05, 4.69) is 88.4 Å². The Morgan fingerprint density at radius 1 is 0.556 bits per heavy atom. The van der Waals surface area contributed by atoms with Crippen molar-refractivity contribution in [2.75, 3.05) is 0 Å². The summed E-state index contributed by atoms with van der Waals surface area (Å²) in [5.41, 5.74) is 2.77. The van der Waals surface area contributed by atoms with Gasteiger partial charge in [-0.15, -0.1) is 0 Å². The molecule has 0 saturated carbocycles. The predicted molar refractivity (Wildman–Crippen MR) is 117 cm³/mol. The summed E-state index contributed by atoms with van der Waals surface area (Å²) in [7, 11) is 0. The number of ether oxygens (including phenoxy) is 1. The highest BCUT2D eigenvalue weighted by molar-refractivity contribution is 5.16. The van der Waals surface area contributed by atoms with Crippen LogP contribution in [0.25, 0.3) is 0 Å². The Morgan fingerprint density at radius 2 is 0.926 bits per heavy atom. The number of benzene rings is 2. The molecule has 0 spiro atoms. The lowest BCUT2D eigenvalue weighted by Gasteiger charge is -2.27. The monoisotopic (exact) mass is 366 g/mol. The molecule has 2 aromatic rings. The van der Waals surface area contributed by atoms with E-state index in [1.807, 2.05) is 0 Å². The van der Waals surface area contributed by atoms with Gasteiger partial charge in [-0.2, -0.15) is 0 Å². The first-order valence-electron chi connectivity index (χ1n) is 10.8. The van der Waals surface area contributed by atoms with Crippen molar-refractivity contribution in [2.24, 2.45) is 11.8 Å². The van der Waals surface area contributed by atoms with E-state index in [1.165, 1.54) is 24.0 Å². The van der Waals surface area contributed by atoms with Crippen LogP contribution in [0.3, 0.4) is 0 Å². The predicted octanol–water partition coefficient (Wildman–Crippen LogP) is 7.10. The quantitative estimate of drug-likeness (QED) is 0.389. The fourth-order valence-electron chi connectivity index (χ4n) is 3.50. The molecule has 0 aromatic heterocycles. The highest BCUT2D eigenvalue weighted by atomic mass is 16.5. The Hall–Kier alpha value is -1.60. The molecular formula is C26H38O. The lowest BCUT2D eigenvalue weighted by Crippen LogP contribution is -2.27. The van der Waals surface area contributed by atoms with Crippen LogP contribution in [0.5, 0.6) is 0 Å². The molecule has 0 aliphatic rings. The molecule has 1 nitrogen and oxygen atoms in total. The van der Waals surface area contributed by atoms with E-state index in [0.717, 1.165) is 37.5 Å². The number of rotatable bonds is 12. The fourth-order valence-corrected chi connectivity index (χ4v) is 3.50. The topological polar surface area (TPSA) is 9.23 Å². The zero-order valence-corrected chi connectivity index (χ0v) is 17.7. The molecule has 0 aliphatic carbocycles. The van der Waals surface area contributed by atoms with Crippen molar-refractivity contribution in [1.29, 1.82) is 0 Å². The molecule has 148 valence electrons. The molecule has 0 N–H and O–H groups in total. The minimum Gasteiger partial charge on any atom is -0.374 e. The van der Waals surface area contributed by atoms with Crippen LogP contribution in [-0.2, 0) is 17.6 Å². The second-order valence-electron chi connectivity index (χ2n) is 8.70. The summed E-state index contributed by atoms with van der Waals surface area (Å²) in [6, 6.07) is 21.6. The van der Waals surface area contributed by atoms with Crippen LogP contribution in [0.2, 0.25) is 0 Å². The first-order valence-corrected chi connectivity index (χ1v) is 10.8. The van der Waals surface area contributed by atoms with Crippen molar-refractivity contribution >= 4 is 0 Å². The van der Waals surface area contributed by atoms with E-state index in [4.69, 9.17) is 4.74 Å². The van der Waals surface area contributed by atoms with Crippen LogP contribution in [0.1, 0.15) is 64.5 Å². The van der Waals surface area contributed by atoms with Crippen LogP contribution in [-0.4, -0.2) is 12.2 Å². The van der Waals surface area contributed by atoms with Crippen LogP contribution in [0.15, 0.2) is 60.7 Å². The minimum atomic E-state index is 0.302. The van der Waals surface area contributed by atoms with Gasteiger partial charge in [-0.1, -0.05) is 88.4 Å². The van der Waals surface area contributed by atoms with Gasteiger partial charge in [0.15, 0.2) is 0 Å². The van der Waals surface area contributed by atoms with Gasteiger partial charge in [0.2, 0.25) is 0 Å². The molecule has 0 bridgehead atoms. The summed E-state index contributed by atoms with van der Waals surface area (Å²) in [6.45, 7) is 9.22. The molecule has 2 atom stereocenters. The van der Waals surface area contributed by atoms with Gasteiger partial charge in [0.05, 0.1) is 12.2 Å². The van der Waals surface area contributed by atoms with Gasteiger partial charge in [0, 0.05) is 0 Å². The fraction of sp³-hybridized carbons (Fsp3) is 0.538. The summed E-state index contributed by atoms with van der Waals surface area (Å²) < 4.78 is 6.76. The van der Waals surface area contributed by atoms with E-state index in [0.29, 0.717) is 12.2 Å². The van der Waals surface area contributed by atoms with Gasteiger partial charge in [-0.05, 0) is 61.5 Å². The Kier molecular flexibility index (Phi) is 9.62. The number of hydrogen-bond donors (Lipinski definition) is 0. The van der Waals surface area contributed by atoms with Crippen molar-refractivity contribution in [3.63, 3.8) is 0 Å². The van der Waals surface area contributed by atoms with Crippen LogP contribution < -0.4 is 0 Å². The molecule has 0 radical (unpaired) electrons. The Labute approximate surface area is 167 Å². The highest BCUT2D eigenvalue weighted by Gasteiger charge is 2.19. The summed E-state index contributed by atoms with van der Waals surface area (Å²) in [6.07, 6.45) is 7.35. The van der Waals surface area contributed by atoms with Gasteiger partial charge in [-0.25, -0.2) is 0 Å². The normalized spacial score (nSPS) is 13.9. The summed E-state index contributed by atoms with van der Waals surface area (Å²) >= 11 is 0. The Bertz CT molecular complexity index is 547. The van der Waals surface area contributed by atoms with Gasteiger partial charge in [0.25, 0.3) is 0 Å². The first-order chi connectivity index (χ1) is 13.0. The third-order valence-corrected chi connectivity index (χ3v) is 5.13. The second-order valence-corrected chi connectivity index (χ2v) is 8.70. The summed E-state index contributed by atoms with van der Waals surface area (Å²) in [5.74, 6) is 1.44. The molecule has 0 amide bonds. The summed E-state index contributed by atoms with van der Waals surface area (Å²) in [4.78, 5) is 0. The zero-order valence-electron chi connectivity index (χ0n) is 17.7. The van der Waals surface area contributed by atoms with E-state index >= 15 is 0 Å². The molecule has 0 saturated heterocycles. The van der Waals surface area contributed by atoms with Crippen LogP contribution >= 0.6 is 0 Å². The molecule has 2 unspecified atom stereocenters. The third kappa shape index (κ3) is 9.24. The first kappa shape index (κ1) is 21.7. The lowest BCUT2D eigenvalue weighted by atomic mass is 9.97. The molecule has 2 aromatic carbocycles. The molecule has 2 rings (SSSR count). The SMILES string of the molecule is CC(C)CCC(Cc1ccccc1)OC(CCC(C)C)Cc1ccccc1. The van der Waals surface area contributed by atoms with Crippen molar-refractivity contribution in [3.05, 3.63) is 71.8 Å². The third-order valence-electron chi connectivity index (χ3n) is 5.13. The molecular weight excluding hydrogens is 328 g/mol. The smallest absolute Gasteiger partial charge is 0.0619 e. The maximum absolute atomic E-state index is 6.76. The van der Waals surface area contributed by atoms with E-state index < -0.39 is 0 Å². The average molecular weight is 367 g/mol. The van der Waals surface area contributed by atoms with Gasteiger partial charge in [0.1, 0.15) is 0 Å². The van der Waals surface area contributed by atoms with Crippen molar-refractivity contribution < 1.29 is 4.74 Å². The van der Waals surface area contributed by atoms with E-state index in [1.54, 1.807) is 0 Å². The number of hydrogen-bond acceptors (Lipinski definition) is 1. The summed E-state index contributed by atoms with van der Waals surface area (Å²) in [5, 5.41) is 0. The van der Waals surface area contributed by atoms with Gasteiger partial charge >= 0.3 is 0 Å². The lowest BCUT2D eigenvalue weighted by molar-refractivity contribution is -0.0239.